The Labute approximate surface area is 171 Å². The number of aryl methyl sites for hydroxylation is 1. The number of nitrogens with zero attached hydrogens (tertiary/aromatic N) is 2. The average Bonchev–Trinajstić information content (AvgIpc) is 3.09. The quantitative estimate of drug-likeness (QED) is 0.609. The van der Waals surface area contributed by atoms with Gasteiger partial charge in [0.25, 0.3) is 0 Å². The van der Waals surface area contributed by atoms with E-state index in [4.69, 9.17) is 4.74 Å². The van der Waals surface area contributed by atoms with E-state index in [-0.39, 0.29) is 24.3 Å². The van der Waals surface area contributed by atoms with E-state index in [1.165, 1.54) is 10.4 Å². The minimum absolute atomic E-state index is 0.0302. The molecule has 0 bridgehead atoms. The number of hydrogen-bond acceptors (Lipinski definition) is 4. The van der Waals surface area contributed by atoms with Gasteiger partial charge in [0.2, 0.25) is 11.8 Å². The van der Waals surface area contributed by atoms with E-state index in [1.54, 1.807) is 23.3 Å². The van der Waals surface area contributed by atoms with Gasteiger partial charge in [-0.05, 0) is 29.5 Å². The molecule has 5 nitrogen and oxygen atoms in total. The topological polar surface area (TPSA) is 49.9 Å². The molecule has 28 heavy (non-hydrogen) atoms. The number of amides is 2. The number of thiophene rings is 1. The Morgan fingerprint density at radius 2 is 1.79 bits per heavy atom. The van der Waals surface area contributed by atoms with Crippen LogP contribution in [-0.4, -0.2) is 48.4 Å². The third-order valence-electron chi connectivity index (χ3n) is 4.57. The number of carbonyl (C=O) groups excluding carboxylic acids is 2. The van der Waals surface area contributed by atoms with Crippen molar-refractivity contribution in [3.63, 3.8) is 0 Å². The molecule has 6 heteroatoms. The summed E-state index contributed by atoms with van der Waals surface area (Å²) in [4.78, 5) is 30.3. The first kappa shape index (κ1) is 22.1. The molecule has 2 aromatic rings. The first-order chi connectivity index (χ1) is 13.4. The van der Waals surface area contributed by atoms with Crippen molar-refractivity contribution < 1.29 is 14.3 Å². The standard InChI is InChI=1S/C22H30N2O3S/c1-17(2)22(26)23(11-12-27-4)16-21(25)24(14-19-8-6-5-7-9-19)15-20-18(3)10-13-28-20/h5-10,13,17H,11-12,14-16H2,1-4H3. The lowest BCUT2D eigenvalue weighted by Crippen LogP contribution is -2.45. The van der Waals surface area contributed by atoms with Crippen LogP contribution in [0.1, 0.15) is 29.9 Å². The maximum Gasteiger partial charge on any atom is 0.242 e. The number of carbonyl (C=O) groups is 2. The molecule has 0 aliphatic carbocycles. The van der Waals surface area contributed by atoms with E-state index < -0.39 is 0 Å². The highest BCUT2D eigenvalue weighted by atomic mass is 32.1. The fraction of sp³-hybridized carbons (Fsp3) is 0.455. The van der Waals surface area contributed by atoms with Gasteiger partial charge in [0.05, 0.1) is 19.7 Å². The summed E-state index contributed by atoms with van der Waals surface area (Å²) < 4.78 is 5.12. The van der Waals surface area contributed by atoms with Crippen LogP contribution in [0, 0.1) is 12.8 Å². The van der Waals surface area contributed by atoms with Gasteiger partial charge >= 0.3 is 0 Å². The lowest BCUT2D eigenvalue weighted by Gasteiger charge is -2.28. The van der Waals surface area contributed by atoms with E-state index >= 15 is 0 Å². The number of benzene rings is 1. The van der Waals surface area contributed by atoms with Crippen molar-refractivity contribution in [2.45, 2.75) is 33.9 Å². The molecule has 1 aromatic carbocycles. The smallest absolute Gasteiger partial charge is 0.242 e. The molecule has 0 spiro atoms. The number of rotatable bonds is 10. The van der Waals surface area contributed by atoms with E-state index in [0.717, 1.165) is 5.56 Å². The minimum Gasteiger partial charge on any atom is -0.383 e. The zero-order chi connectivity index (χ0) is 20.5. The molecule has 0 aliphatic heterocycles. The SMILES string of the molecule is COCCN(CC(=O)N(Cc1ccccc1)Cc1sccc1C)C(=O)C(C)C. The summed E-state index contributed by atoms with van der Waals surface area (Å²) in [5.41, 5.74) is 2.26. The summed E-state index contributed by atoms with van der Waals surface area (Å²) in [6, 6.07) is 12.0. The van der Waals surface area contributed by atoms with E-state index in [0.29, 0.717) is 26.2 Å². The van der Waals surface area contributed by atoms with Crippen LogP contribution in [-0.2, 0) is 27.4 Å². The van der Waals surface area contributed by atoms with Gasteiger partial charge in [-0.1, -0.05) is 44.2 Å². The van der Waals surface area contributed by atoms with Gasteiger partial charge in [-0.2, -0.15) is 0 Å². The third-order valence-corrected chi connectivity index (χ3v) is 5.58. The summed E-state index contributed by atoms with van der Waals surface area (Å²) in [5.74, 6) is -0.245. The van der Waals surface area contributed by atoms with Crippen molar-refractivity contribution in [2.24, 2.45) is 5.92 Å². The molecule has 1 aromatic heterocycles. The molecule has 0 atom stereocenters. The molecule has 0 radical (unpaired) electrons. The summed E-state index contributed by atoms with van der Waals surface area (Å²) in [6.07, 6.45) is 0. The largest absolute Gasteiger partial charge is 0.383 e. The van der Waals surface area contributed by atoms with Crippen LogP contribution in [0.4, 0.5) is 0 Å². The number of ether oxygens (including phenoxy) is 1. The lowest BCUT2D eigenvalue weighted by atomic mass is 10.1. The van der Waals surface area contributed by atoms with Gasteiger partial charge in [-0.25, -0.2) is 0 Å². The number of hydrogen-bond donors (Lipinski definition) is 0. The van der Waals surface area contributed by atoms with Crippen LogP contribution in [0.3, 0.4) is 0 Å². The Balaban J connectivity index is 2.18. The van der Waals surface area contributed by atoms with Crippen LogP contribution in [0.5, 0.6) is 0 Å². The van der Waals surface area contributed by atoms with E-state index in [1.807, 2.05) is 54.5 Å². The van der Waals surface area contributed by atoms with Crippen LogP contribution in [0.2, 0.25) is 0 Å². The van der Waals surface area contributed by atoms with Crippen molar-refractivity contribution in [1.82, 2.24) is 9.80 Å². The summed E-state index contributed by atoms with van der Waals surface area (Å²) in [5, 5.41) is 2.04. The van der Waals surface area contributed by atoms with Crippen molar-refractivity contribution in [3.8, 4) is 0 Å². The molecular formula is C22H30N2O3S. The zero-order valence-electron chi connectivity index (χ0n) is 17.2. The van der Waals surface area contributed by atoms with Crippen LogP contribution >= 0.6 is 11.3 Å². The molecular weight excluding hydrogens is 372 g/mol. The normalized spacial score (nSPS) is 10.9. The Kier molecular flexibility index (Phi) is 8.67. The highest BCUT2D eigenvalue weighted by Gasteiger charge is 2.23. The van der Waals surface area contributed by atoms with Gasteiger partial charge < -0.3 is 14.5 Å². The molecule has 0 saturated carbocycles. The molecule has 2 amide bonds. The van der Waals surface area contributed by atoms with Gasteiger partial charge in [0, 0.05) is 31.0 Å². The third kappa shape index (κ3) is 6.46. The predicted molar refractivity (Wildman–Crippen MR) is 113 cm³/mol. The van der Waals surface area contributed by atoms with Crippen LogP contribution in [0.25, 0.3) is 0 Å². The van der Waals surface area contributed by atoms with Crippen molar-refractivity contribution >= 4 is 23.2 Å². The first-order valence-electron chi connectivity index (χ1n) is 9.54. The molecule has 0 saturated heterocycles. The molecule has 152 valence electrons. The Morgan fingerprint density at radius 3 is 2.36 bits per heavy atom. The van der Waals surface area contributed by atoms with E-state index in [9.17, 15) is 9.59 Å². The summed E-state index contributed by atoms with van der Waals surface area (Å²) in [6.45, 7) is 7.72. The highest BCUT2D eigenvalue weighted by molar-refractivity contribution is 7.10. The summed E-state index contributed by atoms with van der Waals surface area (Å²) in [7, 11) is 1.60. The Bertz CT molecular complexity index is 758. The van der Waals surface area contributed by atoms with Crippen molar-refractivity contribution in [2.75, 3.05) is 26.8 Å². The molecule has 2 rings (SSSR count). The maximum absolute atomic E-state index is 13.2. The van der Waals surface area contributed by atoms with E-state index in [2.05, 4.69) is 13.0 Å². The predicted octanol–water partition coefficient (Wildman–Crippen LogP) is 3.72. The monoisotopic (exact) mass is 402 g/mol. The highest BCUT2D eigenvalue weighted by Crippen LogP contribution is 2.20. The molecule has 1 heterocycles. The molecule has 0 fully saturated rings. The molecule has 0 aliphatic rings. The minimum atomic E-state index is -0.160. The fourth-order valence-electron chi connectivity index (χ4n) is 2.87. The van der Waals surface area contributed by atoms with Crippen LogP contribution in [0.15, 0.2) is 41.8 Å². The molecule has 0 N–H and O–H groups in total. The first-order valence-corrected chi connectivity index (χ1v) is 10.4. The van der Waals surface area contributed by atoms with Crippen molar-refractivity contribution in [3.05, 3.63) is 57.8 Å². The molecule has 0 unspecified atom stereocenters. The maximum atomic E-state index is 13.2. The second kappa shape index (κ2) is 11.0. The Hall–Kier alpha value is -2.18. The second-order valence-corrected chi connectivity index (χ2v) is 8.17. The lowest BCUT2D eigenvalue weighted by molar-refractivity contribution is -0.143. The number of methoxy groups -OCH3 is 1. The van der Waals surface area contributed by atoms with Gasteiger partial charge in [0.15, 0.2) is 0 Å². The Morgan fingerprint density at radius 1 is 1.07 bits per heavy atom. The van der Waals surface area contributed by atoms with Crippen LogP contribution < -0.4 is 0 Å². The zero-order valence-corrected chi connectivity index (χ0v) is 18.0. The average molecular weight is 403 g/mol. The van der Waals surface area contributed by atoms with Crippen molar-refractivity contribution in [1.29, 1.82) is 0 Å². The summed E-state index contributed by atoms with van der Waals surface area (Å²) >= 11 is 1.66. The van der Waals surface area contributed by atoms with Gasteiger partial charge in [-0.15, -0.1) is 11.3 Å². The fourth-order valence-corrected chi connectivity index (χ4v) is 3.79. The second-order valence-electron chi connectivity index (χ2n) is 7.17. The van der Waals surface area contributed by atoms with Gasteiger partial charge in [-0.3, -0.25) is 9.59 Å². The van der Waals surface area contributed by atoms with Gasteiger partial charge in [0.1, 0.15) is 0 Å².